The average molecular weight is 430 g/mol. The van der Waals surface area contributed by atoms with Crippen molar-refractivity contribution in [1.29, 1.82) is 0 Å². The standard InChI is InChI=1S/C25H23FN4O2/c1-27-21-10-7-18(14-20(21)26)24-23(17-5-8-19(32-3)9-6-17)25(31)30(2)22(29-24)11-4-16-12-13-28-15-16/h4-11,14,16,28H,12-13,15H2,2-3H3/b11-4+. The monoisotopic (exact) mass is 430 g/mol. The molecule has 2 heterocycles. The minimum absolute atomic E-state index is 0.0718. The van der Waals surface area contributed by atoms with Gasteiger partial charge in [-0.1, -0.05) is 30.3 Å². The molecule has 0 bridgehead atoms. The first-order valence-electron chi connectivity index (χ1n) is 10.3. The number of halogens is 1. The minimum Gasteiger partial charge on any atom is -0.497 e. The number of hydrogen-bond donors (Lipinski definition) is 1. The molecule has 1 aliphatic rings. The van der Waals surface area contributed by atoms with Gasteiger partial charge < -0.3 is 10.1 Å². The van der Waals surface area contributed by atoms with Crippen LogP contribution in [0.15, 0.2) is 53.3 Å². The first-order chi connectivity index (χ1) is 15.5. The molecule has 3 aromatic rings. The van der Waals surface area contributed by atoms with Gasteiger partial charge in [-0.2, -0.15) is 0 Å². The Morgan fingerprint density at radius 2 is 2.00 bits per heavy atom. The van der Waals surface area contributed by atoms with Crippen molar-refractivity contribution in [3.8, 4) is 28.1 Å². The fourth-order valence-corrected chi connectivity index (χ4v) is 3.80. The summed E-state index contributed by atoms with van der Waals surface area (Å²) in [7, 11) is 3.26. The predicted octanol–water partition coefficient (Wildman–Crippen LogP) is 4.44. The summed E-state index contributed by atoms with van der Waals surface area (Å²) in [5.74, 6) is 0.892. The first kappa shape index (κ1) is 21.5. The quantitative estimate of drug-likeness (QED) is 0.608. The smallest absolute Gasteiger partial charge is 0.262 e. The van der Waals surface area contributed by atoms with Gasteiger partial charge in [-0.15, -0.1) is 0 Å². The van der Waals surface area contributed by atoms with Crippen molar-refractivity contribution in [3.63, 3.8) is 0 Å². The Bertz CT molecular complexity index is 1270. The Balaban J connectivity index is 1.91. The summed E-state index contributed by atoms with van der Waals surface area (Å²) < 4.78 is 21.2. The SMILES string of the molecule is [C-]#[N+]c1ccc(-c2nc(/C=C/C3CCNC3)n(C)c(=O)c2-c2ccc(OC)cc2)cc1F. The number of nitrogens with one attached hydrogen (secondary N) is 1. The van der Waals surface area contributed by atoms with E-state index in [2.05, 4.69) is 16.2 Å². The number of hydrogen-bond acceptors (Lipinski definition) is 4. The van der Waals surface area contributed by atoms with E-state index in [1.54, 1.807) is 44.5 Å². The zero-order valence-corrected chi connectivity index (χ0v) is 17.9. The Labute approximate surface area is 185 Å². The maximum Gasteiger partial charge on any atom is 0.262 e. The van der Waals surface area contributed by atoms with Crippen molar-refractivity contribution in [2.24, 2.45) is 13.0 Å². The molecule has 1 fully saturated rings. The maximum atomic E-state index is 14.4. The van der Waals surface area contributed by atoms with Crippen LogP contribution in [0.4, 0.5) is 10.1 Å². The molecule has 1 atom stereocenters. The Morgan fingerprint density at radius 3 is 2.62 bits per heavy atom. The van der Waals surface area contributed by atoms with Gasteiger partial charge in [0.2, 0.25) is 5.69 Å². The average Bonchev–Trinajstić information content (AvgIpc) is 3.33. The van der Waals surface area contributed by atoms with E-state index in [-0.39, 0.29) is 11.2 Å². The molecule has 1 saturated heterocycles. The predicted molar refractivity (Wildman–Crippen MR) is 123 cm³/mol. The lowest BCUT2D eigenvalue weighted by atomic mass is 9.99. The molecule has 6 nitrogen and oxygen atoms in total. The molecule has 4 rings (SSSR count). The van der Waals surface area contributed by atoms with Crippen LogP contribution in [-0.2, 0) is 7.05 Å². The van der Waals surface area contributed by atoms with Crippen LogP contribution >= 0.6 is 0 Å². The molecule has 1 aromatic heterocycles. The highest BCUT2D eigenvalue weighted by atomic mass is 19.1. The van der Waals surface area contributed by atoms with E-state index in [9.17, 15) is 9.18 Å². The molecule has 0 saturated carbocycles. The van der Waals surface area contributed by atoms with E-state index < -0.39 is 5.82 Å². The van der Waals surface area contributed by atoms with Crippen molar-refractivity contribution in [2.75, 3.05) is 20.2 Å². The highest BCUT2D eigenvalue weighted by Crippen LogP contribution is 2.32. The molecule has 1 unspecified atom stereocenters. The van der Waals surface area contributed by atoms with E-state index in [0.29, 0.717) is 39.9 Å². The summed E-state index contributed by atoms with van der Waals surface area (Å²) in [6, 6.07) is 11.4. The van der Waals surface area contributed by atoms with Crippen LogP contribution in [0.2, 0.25) is 0 Å². The molecular weight excluding hydrogens is 407 g/mol. The largest absolute Gasteiger partial charge is 0.497 e. The summed E-state index contributed by atoms with van der Waals surface area (Å²) in [6.45, 7) is 8.96. The molecule has 162 valence electrons. The van der Waals surface area contributed by atoms with Crippen molar-refractivity contribution in [1.82, 2.24) is 14.9 Å². The summed E-state index contributed by atoms with van der Waals surface area (Å²) in [4.78, 5) is 21.4. The second-order valence-corrected chi connectivity index (χ2v) is 7.68. The number of benzene rings is 2. The Hall–Kier alpha value is -3.76. The van der Waals surface area contributed by atoms with Crippen LogP contribution in [-0.4, -0.2) is 29.8 Å². The van der Waals surface area contributed by atoms with Gasteiger partial charge in [0.05, 0.1) is 24.9 Å². The van der Waals surface area contributed by atoms with Gasteiger partial charge >= 0.3 is 0 Å². The van der Waals surface area contributed by atoms with Crippen molar-refractivity contribution in [3.05, 3.63) is 82.0 Å². The van der Waals surface area contributed by atoms with Crippen molar-refractivity contribution < 1.29 is 9.13 Å². The second-order valence-electron chi connectivity index (χ2n) is 7.68. The summed E-state index contributed by atoms with van der Waals surface area (Å²) in [5, 5.41) is 3.31. The topological polar surface area (TPSA) is 60.5 Å². The second kappa shape index (κ2) is 9.16. The van der Waals surface area contributed by atoms with E-state index in [0.717, 1.165) is 19.5 Å². The highest BCUT2D eigenvalue weighted by molar-refractivity contribution is 5.81. The lowest BCUT2D eigenvalue weighted by molar-refractivity contribution is 0.415. The molecular formula is C25H23FN4O2. The van der Waals surface area contributed by atoms with Crippen molar-refractivity contribution in [2.45, 2.75) is 6.42 Å². The molecule has 2 aromatic carbocycles. The number of rotatable bonds is 5. The van der Waals surface area contributed by atoms with Gasteiger partial charge in [-0.3, -0.25) is 9.36 Å². The molecule has 0 spiro atoms. The summed E-state index contributed by atoms with van der Waals surface area (Å²) in [5.41, 5.74) is 1.52. The van der Waals surface area contributed by atoms with E-state index >= 15 is 0 Å². The Morgan fingerprint density at radius 1 is 1.25 bits per heavy atom. The molecule has 0 radical (unpaired) electrons. The molecule has 1 N–H and O–H groups in total. The van der Waals surface area contributed by atoms with Gasteiger partial charge in [0, 0.05) is 19.2 Å². The fourth-order valence-electron chi connectivity index (χ4n) is 3.80. The van der Waals surface area contributed by atoms with Crippen LogP contribution in [0.5, 0.6) is 5.75 Å². The van der Waals surface area contributed by atoms with E-state index in [4.69, 9.17) is 16.3 Å². The third kappa shape index (κ3) is 4.18. The molecule has 0 amide bonds. The van der Waals surface area contributed by atoms with Crippen molar-refractivity contribution >= 4 is 11.8 Å². The fraction of sp³-hybridized carbons (Fsp3) is 0.240. The zero-order valence-electron chi connectivity index (χ0n) is 17.9. The van der Waals surface area contributed by atoms with Crippen LogP contribution < -0.4 is 15.6 Å². The maximum absolute atomic E-state index is 14.4. The third-order valence-corrected chi connectivity index (χ3v) is 5.66. The number of aromatic nitrogens is 2. The van der Waals surface area contributed by atoms with Gasteiger partial charge in [0.25, 0.3) is 5.56 Å². The normalized spacial score (nSPS) is 15.8. The number of nitrogens with zero attached hydrogens (tertiary/aromatic N) is 3. The van der Waals surface area contributed by atoms with Crippen LogP contribution in [0.1, 0.15) is 12.2 Å². The van der Waals surface area contributed by atoms with E-state index in [1.807, 2.05) is 6.08 Å². The number of methoxy groups -OCH3 is 1. The molecule has 0 aliphatic carbocycles. The van der Waals surface area contributed by atoms with Gasteiger partial charge in [-0.05, 0) is 48.7 Å². The van der Waals surface area contributed by atoms with Gasteiger partial charge in [0.15, 0.2) is 0 Å². The molecule has 32 heavy (non-hydrogen) atoms. The van der Waals surface area contributed by atoms with Crippen LogP contribution in [0.3, 0.4) is 0 Å². The summed E-state index contributed by atoms with van der Waals surface area (Å²) in [6.07, 6.45) is 4.94. The lowest BCUT2D eigenvalue weighted by Gasteiger charge is -2.14. The first-order valence-corrected chi connectivity index (χ1v) is 10.3. The Kier molecular flexibility index (Phi) is 6.15. The third-order valence-electron chi connectivity index (χ3n) is 5.66. The molecule has 7 heteroatoms. The number of ether oxygens (including phenoxy) is 1. The minimum atomic E-state index is -0.644. The van der Waals surface area contributed by atoms with Gasteiger partial charge in [-0.25, -0.2) is 14.2 Å². The highest BCUT2D eigenvalue weighted by Gasteiger charge is 2.19. The summed E-state index contributed by atoms with van der Waals surface area (Å²) >= 11 is 0. The van der Waals surface area contributed by atoms with Crippen LogP contribution in [0.25, 0.3) is 33.3 Å². The lowest BCUT2D eigenvalue weighted by Crippen LogP contribution is -2.23. The zero-order chi connectivity index (χ0) is 22.7. The van der Waals surface area contributed by atoms with Crippen LogP contribution in [0, 0.1) is 18.3 Å². The molecule has 1 aliphatic heterocycles. The van der Waals surface area contributed by atoms with Gasteiger partial charge in [0.1, 0.15) is 17.4 Å². The van der Waals surface area contributed by atoms with E-state index in [1.165, 1.54) is 16.7 Å².